The van der Waals surface area contributed by atoms with Crippen molar-refractivity contribution in [2.45, 2.75) is 26.3 Å². The van der Waals surface area contributed by atoms with Crippen molar-refractivity contribution < 1.29 is 4.42 Å². The Hall–Kier alpha value is -2.06. The van der Waals surface area contributed by atoms with E-state index in [0.29, 0.717) is 0 Å². The fraction of sp³-hybridized carbons (Fsp3) is 0.263. The Morgan fingerprint density at radius 1 is 1.10 bits per heavy atom. The zero-order valence-electron chi connectivity index (χ0n) is 12.8. The molecule has 1 N–H and O–H groups in total. The third kappa shape index (κ3) is 2.36. The lowest BCUT2D eigenvalue weighted by Gasteiger charge is -2.21. The van der Waals surface area contributed by atoms with Gasteiger partial charge in [0.2, 0.25) is 0 Å². The van der Waals surface area contributed by atoms with Crippen LogP contribution >= 0.6 is 0 Å². The molecule has 1 heterocycles. The molecule has 0 amide bonds. The van der Waals surface area contributed by atoms with Gasteiger partial charge in [0.1, 0.15) is 5.76 Å². The maximum atomic E-state index is 5.63. The molecule has 0 aliphatic carbocycles. The molecule has 0 bridgehead atoms. The van der Waals surface area contributed by atoms with Crippen LogP contribution in [0.4, 0.5) is 0 Å². The predicted octanol–water partition coefficient (Wildman–Crippen LogP) is 4.61. The van der Waals surface area contributed by atoms with Crippen molar-refractivity contribution in [2.75, 3.05) is 7.05 Å². The summed E-state index contributed by atoms with van der Waals surface area (Å²) in [5, 5.41) is 6.05. The molecule has 0 aliphatic heterocycles. The van der Waals surface area contributed by atoms with Gasteiger partial charge in [-0.3, -0.25) is 0 Å². The van der Waals surface area contributed by atoms with Gasteiger partial charge in [-0.1, -0.05) is 43.3 Å². The molecule has 3 aromatic rings. The molecule has 2 nitrogen and oxygen atoms in total. The Kier molecular flexibility index (Phi) is 3.80. The molecule has 2 aromatic carbocycles. The number of furan rings is 1. The minimum absolute atomic E-state index is 0.157. The Morgan fingerprint density at radius 3 is 2.67 bits per heavy atom. The van der Waals surface area contributed by atoms with E-state index in [4.69, 9.17) is 4.42 Å². The predicted molar refractivity (Wildman–Crippen MR) is 87.7 cm³/mol. The van der Waals surface area contributed by atoms with Crippen LogP contribution in [0.3, 0.4) is 0 Å². The molecular weight excluding hydrogens is 258 g/mol. The second kappa shape index (κ2) is 5.74. The van der Waals surface area contributed by atoms with E-state index in [-0.39, 0.29) is 6.04 Å². The van der Waals surface area contributed by atoms with Crippen LogP contribution in [0.5, 0.6) is 0 Å². The van der Waals surface area contributed by atoms with E-state index in [1.165, 1.54) is 27.5 Å². The second-order valence-electron chi connectivity index (χ2n) is 5.39. The van der Waals surface area contributed by atoms with Gasteiger partial charge in [0.15, 0.2) is 0 Å². The van der Waals surface area contributed by atoms with Crippen LogP contribution < -0.4 is 5.32 Å². The normalized spacial score (nSPS) is 12.7. The maximum Gasteiger partial charge on any atom is 0.108 e. The molecular formula is C19H21NO. The van der Waals surface area contributed by atoms with Gasteiger partial charge in [-0.05, 0) is 41.9 Å². The first-order valence-electron chi connectivity index (χ1n) is 7.48. The number of rotatable bonds is 4. The van der Waals surface area contributed by atoms with E-state index in [1.807, 2.05) is 7.05 Å². The SMILES string of the molecule is CCc1occc1C(NC)c1c(C)ccc2ccccc12. The quantitative estimate of drug-likeness (QED) is 0.754. The zero-order valence-corrected chi connectivity index (χ0v) is 12.8. The summed E-state index contributed by atoms with van der Waals surface area (Å²) >= 11 is 0. The lowest BCUT2D eigenvalue weighted by atomic mass is 9.90. The first kappa shape index (κ1) is 13.9. The van der Waals surface area contributed by atoms with Gasteiger partial charge in [-0.2, -0.15) is 0 Å². The van der Waals surface area contributed by atoms with Crippen molar-refractivity contribution in [2.24, 2.45) is 0 Å². The number of aryl methyl sites for hydroxylation is 2. The summed E-state index contributed by atoms with van der Waals surface area (Å²) in [7, 11) is 2.01. The fourth-order valence-electron chi connectivity index (χ4n) is 3.14. The van der Waals surface area contributed by atoms with Crippen molar-refractivity contribution >= 4 is 10.8 Å². The topological polar surface area (TPSA) is 25.2 Å². The molecule has 21 heavy (non-hydrogen) atoms. The lowest BCUT2D eigenvalue weighted by Crippen LogP contribution is -2.19. The molecule has 1 unspecified atom stereocenters. The van der Waals surface area contributed by atoms with Gasteiger partial charge in [0.05, 0.1) is 12.3 Å². The van der Waals surface area contributed by atoms with E-state index in [2.05, 4.69) is 61.6 Å². The standard InChI is InChI=1S/C19H21NO/c1-4-17-16(11-12-21-17)19(20-3)18-13(2)9-10-14-7-5-6-8-15(14)18/h5-12,19-20H,4H2,1-3H3. The van der Waals surface area contributed by atoms with Gasteiger partial charge in [-0.15, -0.1) is 0 Å². The molecule has 0 saturated carbocycles. The molecule has 0 spiro atoms. The average molecular weight is 279 g/mol. The van der Waals surface area contributed by atoms with Crippen molar-refractivity contribution in [3.8, 4) is 0 Å². The Bertz CT molecular complexity index is 757. The van der Waals surface area contributed by atoms with Crippen molar-refractivity contribution in [1.82, 2.24) is 5.32 Å². The molecule has 3 rings (SSSR count). The average Bonchev–Trinajstić information content (AvgIpc) is 2.98. The van der Waals surface area contributed by atoms with Gasteiger partial charge in [0.25, 0.3) is 0 Å². The van der Waals surface area contributed by atoms with Crippen molar-refractivity contribution in [1.29, 1.82) is 0 Å². The van der Waals surface area contributed by atoms with Crippen LogP contribution in [0, 0.1) is 6.92 Å². The Balaban J connectivity index is 2.24. The molecule has 1 atom stereocenters. The molecule has 0 fully saturated rings. The third-order valence-corrected chi connectivity index (χ3v) is 4.18. The third-order valence-electron chi connectivity index (χ3n) is 4.18. The number of fused-ring (bicyclic) bond motifs is 1. The van der Waals surface area contributed by atoms with Crippen LogP contribution in [0.2, 0.25) is 0 Å². The Labute approximate surface area is 125 Å². The lowest BCUT2D eigenvalue weighted by molar-refractivity contribution is 0.505. The first-order valence-corrected chi connectivity index (χ1v) is 7.48. The summed E-state index contributed by atoms with van der Waals surface area (Å²) < 4.78 is 5.63. The molecule has 108 valence electrons. The van der Waals surface area contributed by atoms with Gasteiger partial charge < -0.3 is 9.73 Å². The molecule has 0 aliphatic rings. The monoisotopic (exact) mass is 279 g/mol. The highest BCUT2D eigenvalue weighted by Gasteiger charge is 2.21. The second-order valence-corrected chi connectivity index (χ2v) is 5.39. The molecule has 0 saturated heterocycles. The highest BCUT2D eigenvalue weighted by atomic mass is 16.3. The molecule has 1 aromatic heterocycles. The van der Waals surface area contributed by atoms with Crippen LogP contribution in [0.25, 0.3) is 10.8 Å². The highest BCUT2D eigenvalue weighted by molar-refractivity contribution is 5.87. The number of nitrogens with one attached hydrogen (secondary N) is 1. The first-order chi connectivity index (χ1) is 10.3. The maximum absolute atomic E-state index is 5.63. The highest BCUT2D eigenvalue weighted by Crippen LogP contribution is 2.33. The summed E-state index contributed by atoms with van der Waals surface area (Å²) in [4.78, 5) is 0. The molecule has 0 radical (unpaired) electrons. The van der Waals surface area contributed by atoms with E-state index >= 15 is 0 Å². The minimum Gasteiger partial charge on any atom is -0.469 e. The largest absolute Gasteiger partial charge is 0.469 e. The molecule has 2 heteroatoms. The summed E-state index contributed by atoms with van der Waals surface area (Å²) in [6.45, 7) is 4.31. The van der Waals surface area contributed by atoms with Crippen LogP contribution in [0.15, 0.2) is 53.1 Å². The van der Waals surface area contributed by atoms with Crippen LogP contribution in [-0.4, -0.2) is 7.05 Å². The number of hydrogen-bond donors (Lipinski definition) is 1. The van der Waals surface area contributed by atoms with E-state index < -0.39 is 0 Å². The van der Waals surface area contributed by atoms with E-state index in [0.717, 1.165) is 12.2 Å². The van der Waals surface area contributed by atoms with Crippen molar-refractivity contribution in [3.05, 3.63) is 71.2 Å². The van der Waals surface area contributed by atoms with E-state index in [1.54, 1.807) is 6.26 Å². The van der Waals surface area contributed by atoms with Gasteiger partial charge in [0, 0.05) is 12.0 Å². The fourth-order valence-corrected chi connectivity index (χ4v) is 3.14. The van der Waals surface area contributed by atoms with Crippen LogP contribution in [0.1, 0.15) is 35.4 Å². The van der Waals surface area contributed by atoms with Crippen molar-refractivity contribution in [3.63, 3.8) is 0 Å². The van der Waals surface area contributed by atoms with E-state index in [9.17, 15) is 0 Å². The minimum atomic E-state index is 0.157. The summed E-state index contributed by atoms with van der Waals surface area (Å²) in [6.07, 6.45) is 2.70. The summed E-state index contributed by atoms with van der Waals surface area (Å²) in [5.41, 5.74) is 3.88. The number of benzene rings is 2. The Morgan fingerprint density at radius 2 is 1.90 bits per heavy atom. The zero-order chi connectivity index (χ0) is 14.8. The summed E-state index contributed by atoms with van der Waals surface area (Å²) in [6, 6.07) is 15.2. The smallest absolute Gasteiger partial charge is 0.108 e. The van der Waals surface area contributed by atoms with Gasteiger partial charge >= 0.3 is 0 Å². The van der Waals surface area contributed by atoms with Crippen LogP contribution in [-0.2, 0) is 6.42 Å². The van der Waals surface area contributed by atoms with Gasteiger partial charge in [-0.25, -0.2) is 0 Å². The number of hydrogen-bond acceptors (Lipinski definition) is 2. The summed E-state index contributed by atoms with van der Waals surface area (Å²) in [5.74, 6) is 1.06.